The molecule has 0 aliphatic heterocycles. The fourth-order valence-corrected chi connectivity index (χ4v) is 2.29. The summed E-state index contributed by atoms with van der Waals surface area (Å²) in [6.07, 6.45) is 0.604. The molecule has 0 bridgehead atoms. The third-order valence-corrected chi connectivity index (χ3v) is 3.47. The third kappa shape index (κ3) is 3.32. The van der Waals surface area contributed by atoms with Crippen molar-refractivity contribution >= 4 is 17.3 Å². The van der Waals surface area contributed by atoms with Crippen LogP contribution in [0.25, 0.3) is 0 Å². The highest BCUT2D eigenvalue weighted by Gasteiger charge is 2.31. The second-order valence-corrected chi connectivity index (χ2v) is 5.41. The van der Waals surface area contributed by atoms with E-state index in [0.717, 1.165) is 4.88 Å². The summed E-state index contributed by atoms with van der Waals surface area (Å²) in [5.74, 6) is -0.179. The normalized spacial score (nSPS) is 13.5. The van der Waals surface area contributed by atoms with Crippen LogP contribution in [0.4, 0.5) is 0 Å². The van der Waals surface area contributed by atoms with Gasteiger partial charge in [-0.2, -0.15) is 0 Å². The van der Waals surface area contributed by atoms with Gasteiger partial charge in [0.05, 0.1) is 12.0 Å². The van der Waals surface area contributed by atoms with Gasteiger partial charge in [-0.1, -0.05) is 6.07 Å². The molecule has 1 atom stereocenters. The number of nitrogens with two attached hydrogens (primary N) is 1. The molecule has 2 N–H and O–H groups in total. The predicted molar refractivity (Wildman–Crippen MR) is 66.3 cm³/mol. The first-order valence-electron chi connectivity index (χ1n) is 5.43. The molecule has 0 fully saturated rings. The first kappa shape index (κ1) is 13.2. The SMILES string of the molecule is CCOC(=O)C(C)(C)CC(N)c1cccs1. The van der Waals surface area contributed by atoms with Gasteiger partial charge in [-0.25, -0.2) is 0 Å². The number of ether oxygens (including phenoxy) is 1. The van der Waals surface area contributed by atoms with E-state index in [1.165, 1.54) is 0 Å². The highest BCUT2D eigenvalue weighted by molar-refractivity contribution is 7.10. The van der Waals surface area contributed by atoms with Gasteiger partial charge < -0.3 is 10.5 Å². The van der Waals surface area contributed by atoms with Crippen LogP contribution in [0.15, 0.2) is 17.5 Å². The van der Waals surface area contributed by atoms with E-state index in [-0.39, 0.29) is 12.0 Å². The lowest BCUT2D eigenvalue weighted by Crippen LogP contribution is -2.30. The zero-order chi connectivity index (χ0) is 12.2. The van der Waals surface area contributed by atoms with Gasteiger partial charge in [0.25, 0.3) is 0 Å². The fourth-order valence-electron chi connectivity index (χ4n) is 1.56. The Labute approximate surface area is 101 Å². The molecule has 1 unspecified atom stereocenters. The molecule has 3 nitrogen and oxygen atoms in total. The molecule has 0 aromatic carbocycles. The minimum atomic E-state index is -0.528. The van der Waals surface area contributed by atoms with E-state index >= 15 is 0 Å². The van der Waals surface area contributed by atoms with Gasteiger partial charge in [-0.15, -0.1) is 11.3 Å². The van der Waals surface area contributed by atoms with Crippen LogP contribution in [0.5, 0.6) is 0 Å². The van der Waals surface area contributed by atoms with Crippen LogP contribution in [0.3, 0.4) is 0 Å². The largest absolute Gasteiger partial charge is 0.466 e. The molecule has 0 spiro atoms. The Morgan fingerprint density at radius 2 is 2.31 bits per heavy atom. The summed E-state index contributed by atoms with van der Waals surface area (Å²) in [6, 6.07) is 3.87. The number of hydrogen-bond acceptors (Lipinski definition) is 4. The van der Waals surface area contributed by atoms with Crippen molar-refractivity contribution < 1.29 is 9.53 Å². The zero-order valence-corrected chi connectivity index (χ0v) is 10.8. The van der Waals surface area contributed by atoms with Crippen LogP contribution in [0.2, 0.25) is 0 Å². The van der Waals surface area contributed by atoms with E-state index in [0.29, 0.717) is 13.0 Å². The van der Waals surface area contributed by atoms with Gasteiger partial charge >= 0.3 is 5.97 Å². The molecule has 1 rings (SSSR count). The lowest BCUT2D eigenvalue weighted by molar-refractivity contribution is -0.154. The average Bonchev–Trinajstić information content (AvgIpc) is 2.70. The van der Waals surface area contributed by atoms with Gasteiger partial charge in [0.1, 0.15) is 0 Å². The van der Waals surface area contributed by atoms with Crippen LogP contribution in [-0.4, -0.2) is 12.6 Å². The quantitative estimate of drug-likeness (QED) is 0.806. The van der Waals surface area contributed by atoms with E-state index in [2.05, 4.69) is 0 Å². The summed E-state index contributed by atoms with van der Waals surface area (Å²) >= 11 is 1.62. The Morgan fingerprint density at radius 1 is 1.62 bits per heavy atom. The monoisotopic (exact) mass is 241 g/mol. The molecule has 4 heteroatoms. The molecule has 90 valence electrons. The second-order valence-electron chi connectivity index (χ2n) is 4.43. The maximum absolute atomic E-state index is 11.7. The summed E-state index contributed by atoms with van der Waals surface area (Å²) in [7, 11) is 0. The Hall–Kier alpha value is -0.870. The number of rotatable bonds is 5. The molecular formula is C12H19NO2S. The minimum absolute atomic E-state index is 0.0978. The van der Waals surface area contributed by atoms with Gasteiger partial charge in [-0.05, 0) is 38.6 Å². The fraction of sp³-hybridized carbons (Fsp3) is 0.583. The van der Waals surface area contributed by atoms with E-state index in [1.54, 1.807) is 11.3 Å². The predicted octanol–water partition coefficient (Wildman–Crippen LogP) is 2.73. The van der Waals surface area contributed by atoms with E-state index in [4.69, 9.17) is 10.5 Å². The molecular weight excluding hydrogens is 222 g/mol. The molecule has 0 aliphatic rings. The van der Waals surface area contributed by atoms with Crippen molar-refractivity contribution in [2.45, 2.75) is 33.2 Å². The Bertz CT molecular complexity index is 333. The van der Waals surface area contributed by atoms with Crippen LogP contribution in [-0.2, 0) is 9.53 Å². The number of hydrogen-bond donors (Lipinski definition) is 1. The summed E-state index contributed by atoms with van der Waals surface area (Å²) in [5.41, 5.74) is 5.53. The molecule has 0 aliphatic carbocycles. The van der Waals surface area contributed by atoms with Crippen molar-refractivity contribution in [3.8, 4) is 0 Å². The topological polar surface area (TPSA) is 52.3 Å². The molecule has 1 heterocycles. The lowest BCUT2D eigenvalue weighted by Gasteiger charge is -2.25. The summed E-state index contributed by atoms with van der Waals surface area (Å²) < 4.78 is 5.03. The Balaban J connectivity index is 2.62. The Kier molecular flexibility index (Phi) is 4.50. The average molecular weight is 241 g/mol. The van der Waals surface area contributed by atoms with E-state index in [1.807, 2.05) is 38.3 Å². The van der Waals surface area contributed by atoms with Crippen LogP contribution in [0.1, 0.15) is 38.1 Å². The van der Waals surface area contributed by atoms with Crippen LogP contribution < -0.4 is 5.73 Å². The molecule has 0 amide bonds. The summed E-state index contributed by atoms with van der Waals surface area (Å²) in [6.45, 7) is 5.97. The maximum Gasteiger partial charge on any atom is 0.311 e. The molecule has 1 aromatic rings. The van der Waals surface area contributed by atoms with Gasteiger partial charge in [-0.3, -0.25) is 4.79 Å². The van der Waals surface area contributed by atoms with E-state index < -0.39 is 5.41 Å². The molecule has 0 saturated carbocycles. The summed E-state index contributed by atoms with van der Waals surface area (Å²) in [5, 5.41) is 1.99. The van der Waals surface area contributed by atoms with Crippen LogP contribution >= 0.6 is 11.3 Å². The van der Waals surface area contributed by atoms with Gasteiger partial charge in [0.2, 0.25) is 0 Å². The molecule has 0 saturated heterocycles. The highest BCUT2D eigenvalue weighted by atomic mass is 32.1. The molecule has 1 aromatic heterocycles. The standard InChI is InChI=1S/C12H19NO2S/c1-4-15-11(14)12(2,3)8-9(13)10-6-5-7-16-10/h5-7,9H,4,8,13H2,1-3H3. The lowest BCUT2D eigenvalue weighted by atomic mass is 9.85. The maximum atomic E-state index is 11.7. The van der Waals surface area contributed by atoms with Crippen molar-refractivity contribution in [1.29, 1.82) is 0 Å². The minimum Gasteiger partial charge on any atom is -0.466 e. The number of carbonyl (C=O) groups excluding carboxylic acids is 1. The first-order chi connectivity index (χ1) is 7.47. The number of thiophene rings is 1. The van der Waals surface area contributed by atoms with E-state index in [9.17, 15) is 4.79 Å². The molecule has 16 heavy (non-hydrogen) atoms. The van der Waals surface area contributed by atoms with Crippen molar-refractivity contribution in [3.63, 3.8) is 0 Å². The zero-order valence-electron chi connectivity index (χ0n) is 10.0. The third-order valence-electron chi connectivity index (χ3n) is 2.47. The van der Waals surface area contributed by atoms with Crippen LogP contribution in [0, 0.1) is 5.41 Å². The van der Waals surface area contributed by atoms with Crippen molar-refractivity contribution in [3.05, 3.63) is 22.4 Å². The Morgan fingerprint density at radius 3 is 2.81 bits per heavy atom. The number of carbonyl (C=O) groups is 1. The van der Waals surface area contributed by atoms with Gasteiger partial charge in [0.15, 0.2) is 0 Å². The smallest absolute Gasteiger partial charge is 0.311 e. The first-order valence-corrected chi connectivity index (χ1v) is 6.31. The van der Waals surface area contributed by atoms with Crippen molar-refractivity contribution in [1.82, 2.24) is 0 Å². The van der Waals surface area contributed by atoms with Gasteiger partial charge in [0, 0.05) is 10.9 Å². The number of esters is 1. The second kappa shape index (κ2) is 5.46. The summed E-state index contributed by atoms with van der Waals surface area (Å²) in [4.78, 5) is 12.8. The molecule has 0 radical (unpaired) electrons. The van der Waals surface area contributed by atoms with Crippen molar-refractivity contribution in [2.24, 2.45) is 11.1 Å². The van der Waals surface area contributed by atoms with Crippen molar-refractivity contribution in [2.75, 3.05) is 6.61 Å². The highest BCUT2D eigenvalue weighted by Crippen LogP contribution is 2.31.